The predicted octanol–water partition coefficient (Wildman–Crippen LogP) is 4.16. The lowest BCUT2D eigenvalue weighted by molar-refractivity contribution is 0.242. The summed E-state index contributed by atoms with van der Waals surface area (Å²) in [5.41, 5.74) is 0.802. The zero-order valence-electron chi connectivity index (χ0n) is 13.0. The van der Waals surface area contributed by atoms with E-state index in [1.807, 2.05) is 62.4 Å². The standard InChI is InChI=1S/C18H18N2O2S/c1-13(2)22-15-6-8-16(9-7-15)23(21)20-18-5-3-4-14-10-11-19-12-17(14)18/h3-13,20H,1-2H3. The van der Waals surface area contributed by atoms with E-state index in [0.717, 1.165) is 22.2 Å². The van der Waals surface area contributed by atoms with Gasteiger partial charge < -0.3 is 9.29 Å². The highest BCUT2D eigenvalue weighted by Gasteiger charge is 2.13. The summed E-state index contributed by atoms with van der Waals surface area (Å²) in [5, 5.41) is 2.01. The highest BCUT2D eigenvalue weighted by Crippen LogP contribution is 2.25. The van der Waals surface area contributed by atoms with Gasteiger partial charge in [-0.2, -0.15) is 0 Å². The van der Waals surface area contributed by atoms with Gasteiger partial charge in [-0.15, -0.1) is 0 Å². The Kier molecular flexibility index (Phi) is 4.69. The Bertz CT molecular complexity index is 785. The Morgan fingerprint density at radius 3 is 2.61 bits per heavy atom. The summed E-state index contributed by atoms with van der Waals surface area (Å²) in [6, 6.07) is 15.1. The van der Waals surface area contributed by atoms with Gasteiger partial charge in [-0.25, -0.2) is 4.72 Å². The monoisotopic (exact) mass is 326 g/mol. The fraction of sp³-hybridized carbons (Fsp3) is 0.167. The smallest absolute Gasteiger partial charge is 0.180 e. The minimum absolute atomic E-state index is 0.118. The zero-order chi connectivity index (χ0) is 16.2. The summed E-state index contributed by atoms with van der Waals surface area (Å²) < 4.78 is 21.2. The fourth-order valence-corrected chi connectivity index (χ4v) is 3.15. The SMILES string of the molecule is CC(C)Oc1ccc([S+]([O-])Nc2cccc3ccncc23)cc1. The van der Waals surface area contributed by atoms with Crippen LogP contribution in [-0.4, -0.2) is 15.6 Å². The van der Waals surface area contributed by atoms with E-state index in [-0.39, 0.29) is 6.10 Å². The summed E-state index contributed by atoms with van der Waals surface area (Å²) >= 11 is -1.34. The second kappa shape index (κ2) is 6.89. The van der Waals surface area contributed by atoms with Crippen molar-refractivity contribution in [3.05, 3.63) is 60.9 Å². The Hall–Kier alpha value is -2.24. The summed E-state index contributed by atoms with van der Waals surface area (Å²) in [6.07, 6.45) is 3.64. The van der Waals surface area contributed by atoms with E-state index >= 15 is 0 Å². The maximum atomic E-state index is 12.5. The molecule has 4 nitrogen and oxygen atoms in total. The van der Waals surface area contributed by atoms with Crippen LogP contribution in [0.25, 0.3) is 10.8 Å². The Labute approximate surface area is 138 Å². The fourth-order valence-electron chi connectivity index (χ4n) is 2.28. The van der Waals surface area contributed by atoms with Gasteiger partial charge in [0.05, 0.1) is 11.8 Å². The molecule has 0 bridgehead atoms. The molecule has 118 valence electrons. The summed E-state index contributed by atoms with van der Waals surface area (Å²) in [4.78, 5) is 4.83. The number of pyridine rings is 1. The first-order valence-electron chi connectivity index (χ1n) is 7.41. The molecule has 0 radical (unpaired) electrons. The highest BCUT2D eigenvalue weighted by molar-refractivity contribution is 7.92. The molecule has 0 spiro atoms. The van der Waals surface area contributed by atoms with Crippen molar-refractivity contribution < 1.29 is 9.29 Å². The van der Waals surface area contributed by atoms with E-state index in [0.29, 0.717) is 4.90 Å². The predicted molar refractivity (Wildman–Crippen MR) is 94.0 cm³/mol. The minimum Gasteiger partial charge on any atom is -0.588 e. The lowest BCUT2D eigenvalue weighted by Crippen LogP contribution is -2.13. The normalized spacial score (nSPS) is 12.3. The molecule has 0 aliphatic carbocycles. The molecule has 0 amide bonds. The van der Waals surface area contributed by atoms with Crippen LogP contribution in [0.4, 0.5) is 5.69 Å². The van der Waals surface area contributed by atoms with Crippen LogP contribution in [-0.2, 0) is 11.4 Å². The van der Waals surface area contributed by atoms with Gasteiger partial charge in [0.1, 0.15) is 17.1 Å². The number of hydrogen-bond acceptors (Lipinski definition) is 4. The summed E-state index contributed by atoms with van der Waals surface area (Å²) in [7, 11) is 0. The van der Waals surface area contributed by atoms with E-state index in [2.05, 4.69) is 9.71 Å². The number of hydrogen-bond donors (Lipinski definition) is 1. The quantitative estimate of drug-likeness (QED) is 0.715. The number of nitrogens with one attached hydrogen (secondary N) is 1. The molecule has 0 saturated carbocycles. The molecule has 1 heterocycles. The van der Waals surface area contributed by atoms with Gasteiger partial charge in [0.25, 0.3) is 0 Å². The molecular weight excluding hydrogens is 308 g/mol. The molecule has 0 fully saturated rings. The molecule has 3 rings (SSSR count). The lowest BCUT2D eigenvalue weighted by Gasteiger charge is -2.14. The molecule has 1 unspecified atom stereocenters. The zero-order valence-corrected chi connectivity index (χ0v) is 13.8. The van der Waals surface area contributed by atoms with Gasteiger partial charge in [-0.05, 0) is 55.6 Å². The summed E-state index contributed by atoms with van der Waals surface area (Å²) in [6.45, 7) is 3.95. The van der Waals surface area contributed by atoms with Gasteiger partial charge >= 0.3 is 0 Å². The Morgan fingerprint density at radius 1 is 1.09 bits per heavy atom. The molecule has 0 aliphatic rings. The molecule has 3 aromatic rings. The van der Waals surface area contributed by atoms with E-state index in [4.69, 9.17) is 4.74 Å². The molecule has 2 aromatic carbocycles. The Balaban J connectivity index is 1.79. The van der Waals surface area contributed by atoms with Crippen molar-refractivity contribution in [2.24, 2.45) is 0 Å². The maximum absolute atomic E-state index is 12.5. The number of rotatable bonds is 5. The van der Waals surface area contributed by atoms with Crippen LogP contribution < -0.4 is 9.46 Å². The van der Waals surface area contributed by atoms with Crippen molar-refractivity contribution in [1.29, 1.82) is 0 Å². The molecule has 1 N–H and O–H groups in total. The second-order valence-corrected chi connectivity index (χ2v) is 6.62. The molecule has 1 aromatic heterocycles. The third-order valence-corrected chi connectivity index (χ3v) is 4.40. The van der Waals surface area contributed by atoms with E-state index < -0.39 is 11.4 Å². The van der Waals surface area contributed by atoms with Gasteiger partial charge in [-0.3, -0.25) is 4.98 Å². The van der Waals surface area contributed by atoms with Gasteiger partial charge in [0.2, 0.25) is 0 Å². The largest absolute Gasteiger partial charge is 0.588 e. The average Bonchev–Trinajstić information content (AvgIpc) is 2.55. The number of nitrogens with zero attached hydrogens (tertiary/aromatic N) is 1. The van der Waals surface area contributed by atoms with Crippen LogP contribution in [0.3, 0.4) is 0 Å². The lowest BCUT2D eigenvalue weighted by atomic mass is 10.1. The van der Waals surface area contributed by atoms with E-state index in [1.54, 1.807) is 12.4 Å². The maximum Gasteiger partial charge on any atom is 0.180 e. The third kappa shape index (κ3) is 3.75. The van der Waals surface area contributed by atoms with Gasteiger partial charge in [0.15, 0.2) is 4.90 Å². The molecule has 5 heteroatoms. The van der Waals surface area contributed by atoms with E-state index in [1.165, 1.54) is 0 Å². The molecular formula is C18H18N2O2S. The number of aromatic nitrogens is 1. The highest BCUT2D eigenvalue weighted by atomic mass is 32.2. The number of benzene rings is 2. The van der Waals surface area contributed by atoms with Crippen molar-refractivity contribution in [3.8, 4) is 5.75 Å². The van der Waals surface area contributed by atoms with Crippen LogP contribution in [0.5, 0.6) is 5.75 Å². The van der Waals surface area contributed by atoms with Crippen LogP contribution in [0.1, 0.15) is 13.8 Å². The number of fused-ring (bicyclic) bond motifs is 1. The van der Waals surface area contributed by atoms with Crippen LogP contribution in [0, 0.1) is 0 Å². The van der Waals surface area contributed by atoms with Crippen molar-refractivity contribution in [3.63, 3.8) is 0 Å². The van der Waals surface area contributed by atoms with Crippen molar-refractivity contribution >= 4 is 27.8 Å². The molecule has 0 aliphatic heterocycles. The number of anilines is 1. The molecule has 0 saturated heterocycles. The van der Waals surface area contributed by atoms with Gasteiger partial charge in [-0.1, -0.05) is 12.1 Å². The topological polar surface area (TPSA) is 57.2 Å². The second-order valence-electron chi connectivity index (χ2n) is 5.41. The Morgan fingerprint density at radius 2 is 1.87 bits per heavy atom. The first-order valence-corrected chi connectivity index (χ1v) is 8.56. The summed E-state index contributed by atoms with van der Waals surface area (Å²) in [5.74, 6) is 0.773. The first-order chi connectivity index (χ1) is 11.1. The molecule has 23 heavy (non-hydrogen) atoms. The van der Waals surface area contributed by atoms with Crippen molar-refractivity contribution in [2.45, 2.75) is 24.8 Å². The van der Waals surface area contributed by atoms with E-state index in [9.17, 15) is 4.55 Å². The first kappa shape index (κ1) is 15.6. The van der Waals surface area contributed by atoms with Crippen molar-refractivity contribution in [2.75, 3.05) is 4.72 Å². The van der Waals surface area contributed by atoms with Gasteiger partial charge in [0, 0.05) is 17.8 Å². The van der Waals surface area contributed by atoms with Crippen LogP contribution in [0.2, 0.25) is 0 Å². The van der Waals surface area contributed by atoms with Crippen molar-refractivity contribution in [1.82, 2.24) is 4.98 Å². The van der Waals surface area contributed by atoms with Crippen LogP contribution in [0.15, 0.2) is 65.8 Å². The minimum atomic E-state index is -1.34. The third-order valence-electron chi connectivity index (χ3n) is 3.30. The number of ether oxygens (including phenoxy) is 1. The average molecular weight is 326 g/mol. The van der Waals surface area contributed by atoms with Crippen LogP contribution >= 0.6 is 0 Å². The molecule has 1 atom stereocenters.